The second-order valence-electron chi connectivity index (χ2n) is 2.77. The molecule has 0 aliphatic heterocycles. The van der Waals surface area contributed by atoms with Crippen LogP contribution in [0.2, 0.25) is 0 Å². The van der Waals surface area contributed by atoms with E-state index in [1.54, 1.807) is 0 Å². The van der Waals surface area contributed by atoms with Gasteiger partial charge in [-0.25, -0.2) is 0 Å². The molecule has 0 saturated carbocycles. The van der Waals surface area contributed by atoms with E-state index in [0.717, 1.165) is 13.0 Å². The molecule has 0 aliphatic rings. The molecule has 1 atom stereocenters. The van der Waals surface area contributed by atoms with Crippen LogP contribution in [0.25, 0.3) is 0 Å². The Morgan fingerprint density at radius 3 is 3.00 bits per heavy atom. The lowest BCUT2D eigenvalue weighted by Crippen LogP contribution is -1.93. The van der Waals surface area contributed by atoms with Gasteiger partial charge in [-0.1, -0.05) is 33.6 Å². The Labute approximate surface area is 102 Å². The lowest BCUT2D eigenvalue weighted by atomic mass is 10.1. The summed E-state index contributed by atoms with van der Waals surface area (Å²) in [5.41, 5.74) is 2.63. The quantitative estimate of drug-likeness (QED) is 0.436. The van der Waals surface area contributed by atoms with Crippen LogP contribution in [0.3, 0.4) is 0 Å². The Morgan fingerprint density at radius 2 is 2.31 bits per heavy atom. The highest BCUT2D eigenvalue weighted by Crippen LogP contribution is 2.23. The van der Waals surface area contributed by atoms with E-state index < -0.39 is 0 Å². The van der Waals surface area contributed by atoms with Crippen molar-refractivity contribution < 1.29 is 4.52 Å². The van der Waals surface area contributed by atoms with Gasteiger partial charge in [0.1, 0.15) is 0 Å². The second-order valence-corrected chi connectivity index (χ2v) is 5.39. The summed E-state index contributed by atoms with van der Waals surface area (Å²) >= 11 is 5.77. The number of hydrogen-bond acceptors (Lipinski definition) is 1. The maximum Gasteiger partial charge on any atom is 0.0793 e. The van der Waals surface area contributed by atoms with Crippen molar-refractivity contribution in [3.63, 3.8) is 0 Å². The highest BCUT2D eigenvalue weighted by atomic mass is 127. The van der Waals surface area contributed by atoms with Crippen LogP contribution in [0.1, 0.15) is 11.1 Å². The number of aryl methyl sites for hydroxylation is 1. The van der Waals surface area contributed by atoms with E-state index in [2.05, 4.69) is 63.1 Å². The zero-order valence-electron chi connectivity index (χ0n) is 7.31. The zero-order chi connectivity index (χ0) is 9.68. The van der Waals surface area contributed by atoms with Crippen molar-refractivity contribution in [1.82, 2.24) is 0 Å². The van der Waals surface area contributed by atoms with Crippen molar-refractivity contribution in [2.45, 2.75) is 13.3 Å². The first-order valence-electron chi connectivity index (χ1n) is 3.96. The standard InChI is InChI=1S/C9H11BrIOP/c1-7-2-3-9(10)8(6-7)4-5-12-13-11/h2-3,6,13H,4-5H2,1H3. The van der Waals surface area contributed by atoms with Crippen LogP contribution in [0.15, 0.2) is 22.7 Å². The van der Waals surface area contributed by atoms with E-state index in [9.17, 15) is 0 Å². The Bertz CT molecular complexity index is 280. The Hall–Kier alpha value is 0.820. The fourth-order valence-electron chi connectivity index (χ4n) is 1.09. The van der Waals surface area contributed by atoms with Gasteiger partial charge >= 0.3 is 0 Å². The maximum atomic E-state index is 5.33. The lowest BCUT2D eigenvalue weighted by molar-refractivity contribution is 0.375. The molecule has 1 unspecified atom stereocenters. The van der Waals surface area contributed by atoms with E-state index in [4.69, 9.17) is 4.52 Å². The number of hydrogen-bond donors (Lipinski definition) is 0. The average molecular weight is 373 g/mol. The Kier molecular flexibility index (Phi) is 5.79. The van der Waals surface area contributed by atoms with Crippen LogP contribution in [0, 0.1) is 6.92 Å². The highest BCUT2D eigenvalue weighted by Gasteiger charge is 1.99. The van der Waals surface area contributed by atoms with Crippen LogP contribution in [0.5, 0.6) is 0 Å². The first-order chi connectivity index (χ1) is 6.24. The second kappa shape index (κ2) is 6.33. The topological polar surface area (TPSA) is 9.23 Å². The first kappa shape index (κ1) is 11.9. The molecule has 13 heavy (non-hydrogen) atoms. The van der Waals surface area contributed by atoms with Crippen molar-refractivity contribution in [1.29, 1.82) is 0 Å². The normalized spacial score (nSPS) is 11.3. The molecule has 0 fully saturated rings. The molecule has 72 valence electrons. The van der Waals surface area contributed by atoms with E-state index in [1.807, 2.05) is 0 Å². The minimum atomic E-state index is 0.558. The monoisotopic (exact) mass is 372 g/mol. The van der Waals surface area contributed by atoms with Gasteiger partial charge in [0.25, 0.3) is 0 Å². The molecule has 0 spiro atoms. The van der Waals surface area contributed by atoms with Gasteiger partial charge < -0.3 is 4.52 Å². The summed E-state index contributed by atoms with van der Waals surface area (Å²) < 4.78 is 6.51. The molecule has 0 bridgehead atoms. The molecule has 1 aromatic carbocycles. The van der Waals surface area contributed by atoms with Crippen molar-refractivity contribution in [2.24, 2.45) is 0 Å². The molecule has 1 nitrogen and oxygen atoms in total. The minimum absolute atomic E-state index is 0.558. The molecule has 0 N–H and O–H groups in total. The van der Waals surface area contributed by atoms with E-state index in [0.29, 0.717) is 6.45 Å². The molecule has 0 radical (unpaired) electrons. The van der Waals surface area contributed by atoms with Gasteiger partial charge in [0, 0.05) is 4.47 Å². The molecule has 0 amide bonds. The third-order valence-electron chi connectivity index (χ3n) is 1.73. The summed E-state index contributed by atoms with van der Waals surface area (Å²) in [6.45, 7) is 3.48. The Morgan fingerprint density at radius 1 is 1.54 bits per heavy atom. The fourth-order valence-corrected chi connectivity index (χ4v) is 2.38. The van der Waals surface area contributed by atoms with Crippen LogP contribution >= 0.6 is 44.4 Å². The summed E-state index contributed by atoms with van der Waals surface area (Å²) in [6.07, 6.45) is 0.984. The predicted octanol–water partition coefficient (Wildman–Crippen LogP) is 4.26. The summed E-state index contributed by atoms with van der Waals surface area (Å²) in [5.74, 6) is 0. The SMILES string of the molecule is Cc1ccc(Br)c(CCOPI)c1. The van der Waals surface area contributed by atoms with Gasteiger partial charge in [-0.15, -0.1) is 0 Å². The van der Waals surface area contributed by atoms with Crippen molar-refractivity contribution >= 4 is 44.4 Å². The predicted molar refractivity (Wildman–Crippen MR) is 70.9 cm³/mol. The third-order valence-corrected chi connectivity index (χ3v) is 3.75. The van der Waals surface area contributed by atoms with Crippen molar-refractivity contribution in [3.8, 4) is 0 Å². The fraction of sp³-hybridized carbons (Fsp3) is 0.333. The number of halogens is 2. The Balaban J connectivity index is 2.59. The highest BCUT2D eigenvalue weighted by molar-refractivity contribution is 14.2. The smallest absolute Gasteiger partial charge is 0.0793 e. The third kappa shape index (κ3) is 4.24. The van der Waals surface area contributed by atoms with Gasteiger partial charge in [-0.05, 0) is 47.0 Å². The van der Waals surface area contributed by atoms with Gasteiger partial charge in [0.2, 0.25) is 0 Å². The zero-order valence-corrected chi connectivity index (χ0v) is 12.1. The molecular weight excluding hydrogens is 362 g/mol. The molecule has 0 saturated heterocycles. The first-order valence-corrected chi connectivity index (χ1v) is 8.78. The molecule has 0 aromatic heterocycles. The van der Waals surface area contributed by atoms with Crippen LogP contribution in [-0.2, 0) is 10.9 Å². The summed E-state index contributed by atoms with van der Waals surface area (Å²) in [4.78, 5) is 0. The molecule has 4 heteroatoms. The number of benzene rings is 1. The van der Waals surface area contributed by atoms with Gasteiger partial charge in [0.15, 0.2) is 0 Å². The van der Waals surface area contributed by atoms with Crippen LogP contribution in [-0.4, -0.2) is 6.61 Å². The average Bonchev–Trinajstić information content (AvgIpc) is 2.11. The van der Waals surface area contributed by atoms with Crippen LogP contribution < -0.4 is 0 Å². The summed E-state index contributed by atoms with van der Waals surface area (Å²) in [5, 5.41) is 0. The molecule has 1 aromatic rings. The van der Waals surface area contributed by atoms with Crippen LogP contribution in [0.4, 0.5) is 0 Å². The van der Waals surface area contributed by atoms with Gasteiger partial charge in [0.05, 0.1) is 13.1 Å². The van der Waals surface area contributed by atoms with Crippen molar-refractivity contribution in [2.75, 3.05) is 6.61 Å². The van der Waals surface area contributed by atoms with E-state index in [1.165, 1.54) is 15.6 Å². The maximum absolute atomic E-state index is 5.33. The number of rotatable bonds is 4. The summed E-state index contributed by atoms with van der Waals surface area (Å²) in [6, 6.07) is 6.40. The van der Waals surface area contributed by atoms with Crippen molar-refractivity contribution in [3.05, 3.63) is 33.8 Å². The molecule has 0 heterocycles. The van der Waals surface area contributed by atoms with E-state index in [-0.39, 0.29) is 0 Å². The molecule has 1 rings (SSSR count). The molecular formula is C9H11BrIOP. The summed E-state index contributed by atoms with van der Waals surface area (Å²) in [7, 11) is 0. The van der Waals surface area contributed by atoms with E-state index >= 15 is 0 Å². The van der Waals surface area contributed by atoms with Gasteiger partial charge in [-0.3, -0.25) is 0 Å². The lowest BCUT2D eigenvalue weighted by Gasteiger charge is -2.05. The largest absolute Gasteiger partial charge is 0.351 e. The van der Waals surface area contributed by atoms with Gasteiger partial charge in [-0.2, -0.15) is 0 Å². The molecule has 0 aliphatic carbocycles. The minimum Gasteiger partial charge on any atom is -0.351 e.